The number of fused-ring (bicyclic) bond motifs is 1. The van der Waals surface area contributed by atoms with Crippen LogP contribution in [0.3, 0.4) is 0 Å². The van der Waals surface area contributed by atoms with Gasteiger partial charge >= 0.3 is 6.09 Å². The Bertz CT molecular complexity index is 901. The van der Waals surface area contributed by atoms with E-state index in [1.165, 1.54) is 16.3 Å². The van der Waals surface area contributed by atoms with Gasteiger partial charge in [-0.3, -0.25) is 0 Å². The minimum absolute atomic E-state index is 0.191. The van der Waals surface area contributed by atoms with Crippen LogP contribution >= 0.6 is 0 Å². The Morgan fingerprint density at radius 2 is 1.70 bits per heavy atom. The van der Waals surface area contributed by atoms with Gasteiger partial charge in [0.15, 0.2) is 0 Å². The predicted octanol–water partition coefficient (Wildman–Crippen LogP) is 5.57. The summed E-state index contributed by atoms with van der Waals surface area (Å²) in [7, 11) is 0. The summed E-state index contributed by atoms with van der Waals surface area (Å²) >= 11 is 0. The molecule has 3 nitrogen and oxygen atoms in total. The van der Waals surface area contributed by atoms with E-state index in [2.05, 4.69) is 42.5 Å². The first-order chi connectivity index (χ1) is 13.3. The third-order valence-electron chi connectivity index (χ3n) is 5.40. The van der Waals surface area contributed by atoms with Crippen LogP contribution in [0, 0.1) is 0 Å². The smallest absolute Gasteiger partial charge is 0.410 e. The normalized spacial score (nSPS) is 17.0. The number of piperidine rings is 1. The highest BCUT2D eigenvalue weighted by Gasteiger charge is 2.28. The summed E-state index contributed by atoms with van der Waals surface area (Å²) in [6, 6.07) is 25.0. The highest BCUT2D eigenvalue weighted by Crippen LogP contribution is 2.26. The number of hydrogen-bond acceptors (Lipinski definition) is 2. The van der Waals surface area contributed by atoms with Gasteiger partial charge in [-0.2, -0.15) is 0 Å². The zero-order valence-corrected chi connectivity index (χ0v) is 15.5. The number of nitrogens with zero attached hydrogens (tertiary/aromatic N) is 1. The van der Waals surface area contributed by atoms with E-state index in [9.17, 15) is 4.79 Å². The van der Waals surface area contributed by atoms with Gasteiger partial charge in [-0.1, -0.05) is 72.8 Å². The second kappa shape index (κ2) is 8.26. The lowest BCUT2D eigenvalue weighted by molar-refractivity contribution is 0.0682. The average Bonchev–Trinajstić information content (AvgIpc) is 2.73. The van der Waals surface area contributed by atoms with Gasteiger partial charge in [-0.25, -0.2) is 4.79 Å². The zero-order valence-electron chi connectivity index (χ0n) is 15.5. The van der Waals surface area contributed by atoms with E-state index in [1.807, 2.05) is 35.2 Å². The topological polar surface area (TPSA) is 29.5 Å². The molecule has 138 valence electrons. The van der Waals surface area contributed by atoms with Crippen molar-refractivity contribution in [3.05, 3.63) is 83.9 Å². The van der Waals surface area contributed by atoms with Crippen molar-refractivity contribution in [2.75, 3.05) is 6.54 Å². The monoisotopic (exact) mass is 359 g/mol. The Kier molecular flexibility index (Phi) is 5.38. The second-order valence-corrected chi connectivity index (χ2v) is 7.23. The Morgan fingerprint density at radius 3 is 2.59 bits per heavy atom. The van der Waals surface area contributed by atoms with Gasteiger partial charge in [0.05, 0.1) is 0 Å². The molecular formula is C24H25NO2. The molecule has 3 aromatic carbocycles. The van der Waals surface area contributed by atoms with E-state index in [-0.39, 0.29) is 12.1 Å². The summed E-state index contributed by atoms with van der Waals surface area (Å²) in [5.41, 5.74) is 2.33. The van der Waals surface area contributed by atoms with Crippen LogP contribution in [-0.4, -0.2) is 23.6 Å². The Morgan fingerprint density at radius 1 is 0.926 bits per heavy atom. The maximum absolute atomic E-state index is 12.7. The highest BCUT2D eigenvalue weighted by atomic mass is 16.6. The van der Waals surface area contributed by atoms with Crippen molar-refractivity contribution in [1.29, 1.82) is 0 Å². The van der Waals surface area contributed by atoms with Gasteiger partial charge in [-0.05, 0) is 47.6 Å². The number of ether oxygens (including phenoxy) is 1. The molecule has 1 atom stereocenters. The molecule has 0 unspecified atom stereocenters. The molecule has 1 aliphatic heterocycles. The summed E-state index contributed by atoms with van der Waals surface area (Å²) in [4.78, 5) is 14.7. The van der Waals surface area contributed by atoms with Crippen molar-refractivity contribution < 1.29 is 9.53 Å². The molecule has 0 spiro atoms. The van der Waals surface area contributed by atoms with Gasteiger partial charge in [0.2, 0.25) is 0 Å². The van der Waals surface area contributed by atoms with E-state index in [0.717, 1.165) is 37.8 Å². The van der Waals surface area contributed by atoms with Gasteiger partial charge < -0.3 is 9.64 Å². The van der Waals surface area contributed by atoms with Crippen molar-refractivity contribution in [3.63, 3.8) is 0 Å². The molecule has 4 rings (SSSR count). The van der Waals surface area contributed by atoms with Crippen LogP contribution in [0.15, 0.2) is 72.8 Å². The molecule has 0 bridgehead atoms. The maximum Gasteiger partial charge on any atom is 0.410 e. The lowest BCUT2D eigenvalue weighted by Crippen LogP contribution is -2.45. The number of rotatable bonds is 4. The molecule has 0 N–H and O–H groups in total. The van der Waals surface area contributed by atoms with Crippen LogP contribution in [0.4, 0.5) is 4.79 Å². The molecule has 27 heavy (non-hydrogen) atoms. The van der Waals surface area contributed by atoms with Crippen molar-refractivity contribution in [2.45, 2.75) is 38.3 Å². The van der Waals surface area contributed by atoms with E-state index in [1.54, 1.807) is 0 Å². The van der Waals surface area contributed by atoms with E-state index >= 15 is 0 Å². The third-order valence-corrected chi connectivity index (χ3v) is 5.40. The van der Waals surface area contributed by atoms with Crippen LogP contribution in [0.25, 0.3) is 10.8 Å². The number of amides is 1. The molecule has 1 heterocycles. The number of carbonyl (C=O) groups is 1. The van der Waals surface area contributed by atoms with Gasteiger partial charge in [0.1, 0.15) is 6.61 Å². The Hall–Kier alpha value is -2.81. The SMILES string of the molecule is O=C(OCc1ccccc1)N1CCCC[C@H]1Cc1cccc2ccccc12. The molecule has 1 aliphatic rings. The predicted molar refractivity (Wildman–Crippen MR) is 109 cm³/mol. The van der Waals surface area contributed by atoms with Crippen molar-refractivity contribution in [1.82, 2.24) is 4.90 Å². The molecule has 3 aromatic rings. The first-order valence-corrected chi connectivity index (χ1v) is 9.75. The molecule has 3 heteroatoms. The number of benzene rings is 3. The first kappa shape index (κ1) is 17.6. The second-order valence-electron chi connectivity index (χ2n) is 7.23. The highest BCUT2D eigenvalue weighted by molar-refractivity contribution is 5.85. The fourth-order valence-electron chi connectivity index (χ4n) is 3.98. The standard InChI is InChI=1S/C24H25NO2/c26-24(27-18-19-9-2-1-3-10-19)25-16-7-6-14-22(25)17-21-13-8-12-20-11-4-5-15-23(20)21/h1-5,8-13,15,22H,6-7,14,16-18H2/t22-/m0/s1. The molecule has 1 saturated heterocycles. The molecule has 1 fully saturated rings. The number of likely N-dealkylation sites (tertiary alicyclic amines) is 1. The zero-order chi connectivity index (χ0) is 18.5. The third kappa shape index (κ3) is 4.13. The fraction of sp³-hybridized carbons (Fsp3) is 0.292. The molecule has 1 amide bonds. The van der Waals surface area contributed by atoms with Crippen LogP contribution in [0.1, 0.15) is 30.4 Å². The summed E-state index contributed by atoms with van der Waals surface area (Å²) in [5, 5.41) is 2.53. The van der Waals surface area contributed by atoms with Gasteiger partial charge in [0, 0.05) is 12.6 Å². The minimum Gasteiger partial charge on any atom is -0.445 e. The summed E-state index contributed by atoms with van der Waals surface area (Å²) in [6.45, 7) is 1.11. The lowest BCUT2D eigenvalue weighted by atomic mass is 9.93. The van der Waals surface area contributed by atoms with E-state index < -0.39 is 0 Å². The fourth-order valence-corrected chi connectivity index (χ4v) is 3.98. The summed E-state index contributed by atoms with van der Waals surface area (Å²) in [6.07, 6.45) is 3.93. The average molecular weight is 359 g/mol. The maximum atomic E-state index is 12.7. The summed E-state index contributed by atoms with van der Waals surface area (Å²) < 4.78 is 5.61. The van der Waals surface area contributed by atoms with Gasteiger partial charge in [0.25, 0.3) is 0 Å². The largest absolute Gasteiger partial charge is 0.445 e. The van der Waals surface area contributed by atoms with Crippen LogP contribution in [0.2, 0.25) is 0 Å². The van der Waals surface area contributed by atoms with Crippen molar-refractivity contribution in [3.8, 4) is 0 Å². The van der Waals surface area contributed by atoms with Gasteiger partial charge in [-0.15, -0.1) is 0 Å². The number of carbonyl (C=O) groups excluding carboxylic acids is 1. The summed E-state index contributed by atoms with van der Waals surface area (Å²) in [5.74, 6) is 0. The van der Waals surface area contributed by atoms with Crippen LogP contribution in [-0.2, 0) is 17.8 Å². The molecule has 0 radical (unpaired) electrons. The van der Waals surface area contributed by atoms with E-state index in [0.29, 0.717) is 6.61 Å². The first-order valence-electron chi connectivity index (χ1n) is 9.75. The molecule has 0 saturated carbocycles. The van der Waals surface area contributed by atoms with Crippen LogP contribution < -0.4 is 0 Å². The lowest BCUT2D eigenvalue weighted by Gasteiger charge is -2.35. The molecular weight excluding hydrogens is 334 g/mol. The Balaban J connectivity index is 1.48. The van der Waals surface area contributed by atoms with Crippen molar-refractivity contribution in [2.24, 2.45) is 0 Å². The van der Waals surface area contributed by atoms with E-state index in [4.69, 9.17) is 4.74 Å². The molecule has 0 aliphatic carbocycles. The van der Waals surface area contributed by atoms with Crippen LogP contribution in [0.5, 0.6) is 0 Å². The number of hydrogen-bond donors (Lipinski definition) is 0. The quantitative estimate of drug-likeness (QED) is 0.609. The molecule has 0 aromatic heterocycles. The minimum atomic E-state index is -0.191. The van der Waals surface area contributed by atoms with Crippen molar-refractivity contribution >= 4 is 16.9 Å². The Labute approximate surface area is 160 Å².